The van der Waals surface area contributed by atoms with Crippen LogP contribution in [0.25, 0.3) is 11.5 Å². The summed E-state index contributed by atoms with van der Waals surface area (Å²) >= 11 is 0. The van der Waals surface area contributed by atoms with Crippen LogP contribution in [0.5, 0.6) is 0 Å². The van der Waals surface area contributed by atoms with Crippen LogP contribution in [0.4, 0.5) is 18.0 Å². The van der Waals surface area contributed by atoms with Gasteiger partial charge in [0.15, 0.2) is 0 Å². The van der Waals surface area contributed by atoms with Crippen LogP contribution >= 0.6 is 0 Å². The van der Waals surface area contributed by atoms with Crippen LogP contribution in [-0.2, 0) is 10.9 Å². The van der Waals surface area contributed by atoms with Gasteiger partial charge in [0.2, 0.25) is 17.5 Å². The molecule has 0 unspecified atom stereocenters. The first-order valence-electron chi connectivity index (χ1n) is 7.19. The van der Waals surface area contributed by atoms with Gasteiger partial charge in [-0.3, -0.25) is 0 Å². The first kappa shape index (κ1) is 18.6. The Balaban J connectivity index is 2.13. The average Bonchev–Trinajstić information content (AvgIpc) is 2.94. The lowest BCUT2D eigenvalue weighted by Crippen LogP contribution is -2.34. The van der Waals surface area contributed by atoms with E-state index in [1.807, 2.05) is 0 Å². The maximum atomic E-state index is 12.6. The van der Waals surface area contributed by atoms with Crippen LogP contribution < -0.4 is 5.32 Å². The summed E-state index contributed by atoms with van der Waals surface area (Å²) in [5.74, 6) is -1.47. The van der Waals surface area contributed by atoms with E-state index in [9.17, 15) is 18.0 Å². The van der Waals surface area contributed by atoms with Gasteiger partial charge in [-0.15, -0.1) is 0 Å². The lowest BCUT2D eigenvalue weighted by molar-refractivity contribution is -0.144. The highest BCUT2D eigenvalue weighted by Gasteiger charge is 2.35. The first-order chi connectivity index (χ1) is 11.5. The molecule has 8 nitrogen and oxygen atoms in total. The van der Waals surface area contributed by atoms with Gasteiger partial charge in [0, 0.05) is 6.20 Å². The van der Waals surface area contributed by atoms with Crippen molar-refractivity contribution in [3.8, 4) is 11.5 Å². The number of nitrogens with zero attached hydrogens (tertiary/aromatic N) is 4. The van der Waals surface area contributed by atoms with E-state index >= 15 is 0 Å². The summed E-state index contributed by atoms with van der Waals surface area (Å²) < 4.78 is 48.0. The SMILES string of the molecule is C[C@H](NC(=O)OC(C)(C)C)c1nc(-c2ccnc(C(F)(F)F)n2)no1. The number of alkyl halides is 3. The van der Waals surface area contributed by atoms with Crippen molar-refractivity contribution in [2.24, 2.45) is 0 Å². The quantitative estimate of drug-likeness (QED) is 0.898. The molecule has 0 radical (unpaired) electrons. The van der Waals surface area contributed by atoms with E-state index in [1.54, 1.807) is 27.7 Å². The number of halogens is 3. The van der Waals surface area contributed by atoms with Gasteiger partial charge < -0.3 is 14.6 Å². The second kappa shape index (κ2) is 6.65. The molecule has 0 aromatic carbocycles. The third-order valence-electron chi connectivity index (χ3n) is 2.68. The lowest BCUT2D eigenvalue weighted by atomic mass is 10.2. The molecule has 2 rings (SSSR count). The molecule has 0 saturated heterocycles. The van der Waals surface area contributed by atoms with Gasteiger partial charge >= 0.3 is 12.3 Å². The molecule has 0 aliphatic heterocycles. The molecule has 0 spiro atoms. The topological polar surface area (TPSA) is 103 Å². The highest BCUT2D eigenvalue weighted by molar-refractivity contribution is 5.68. The zero-order valence-electron chi connectivity index (χ0n) is 13.9. The highest BCUT2D eigenvalue weighted by Crippen LogP contribution is 2.27. The van der Waals surface area contributed by atoms with Crippen molar-refractivity contribution in [3.05, 3.63) is 24.0 Å². The number of carbonyl (C=O) groups is 1. The monoisotopic (exact) mass is 359 g/mol. The minimum Gasteiger partial charge on any atom is -0.444 e. The summed E-state index contributed by atoms with van der Waals surface area (Å²) in [7, 11) is 0. The number of hydrogen-bond acceptors (Lipinski definition) is 7. The summed E-state index contributed by atoms with van der Waals surface area (Å²) in [6, 6.07) is 0.510. The third kappa shape index (κ3) is 5.13. The average molecular weight is 359 g/mol. The molecule has 25 heavy (non-hydrogen) atoms. The van der Waals surface area contributed by atoms with E-state index in [-0.39, 0.29) is 17.4 Å². The van der Waals surface area contributed by atoms with Crippen LogP contribution in [0.3, 0.4) is 0 Å². The van der Waals surface area contributed by atoms with Crippen LogP contribution in [0, 0.1) is 0 Å². The van der Waals surface area contributed by atoms with Crippen LogP contribution in [0.15, 0.2) is 16.8 Å². The molecule has 1 amide bonds. The van der Waals surface area contributed by atoms with Crippen molar-refractivity contribution in [1.82, 2.24) is 25.4 Å². The van der Waals surface area contributed by atoms with Crippen molar-refractivity contribution in [2.75, 3.05) is 0 Å². The predicted molar refractivity (Wildman–Crippen MR) is 78.1 cm³/mol. The number of carbonyl (C=O) groups excluding carboxylic acids is 1. The summed E-state index contributed by atoms with van der Waals surface area (Å²) in [6.45, 7) is 6.67. The van der Waals surface area contributed by atoms with Gasteiger partial charge in [-0.25, -0.2) is 14.8 Å². The normalized spacial score (nSPS) is 13.4. The molecular weight excluding hydrogens is 343 g/mol. The van der Waals surface area contributed by atoms with Gasteiger partial charge in [-0.2, -0.15) is 18.2 Å². The van der Waals surface area contributed by atoms with E-state index in [0.717, 1.165) is 6.20 Å². The van der Waals surface area contributed by atoms with Gasteiger partial charge in [-0.1, -0.05) is 5.16 Å². The number of ether oxygens (including phenoxy) is 1. The molecule has 0 aliphatic rings. The molecule has 0 saturated carbocycles. The van der Waals surface area contributed by atoms with E-state index in [1.165, 1.54) is 6.07 Å². The fraction of sp³-hybridized carbons (Fsp3) is 0.500. The zero-order chi connectivity index (χ0) is 18.8. The van der Waals surface area contributed by atoms with Crippen molar-refractivity contribution in [3.63, 3.8) is 0 Å². The fourth-order valence-electron chi connectivity index (χ4n) is 1.68. The summed E-state index contributed by atoms with van der Waals surface area (Å²) in [6.07, 6.45) is -4.43. The number of hydrogen-bond donors (Lipinski definition) is 1. The standard InChI is InChI=1S/C14H16F3N5O3/c1-7(19-12(23)24-13(2,3)4)10-21-9(22-25-10)8-5-6-18-11(20-8)14(15,16)17/h5-7H,1-4H3,(H,19,23)/t7-/m0/s1. The molecule has 2 aromatic heterocycles. The number of rotatable bonds is 3. The van der Waals surface area contributed by atoms with Crippen LogP contribution in [-0.4, -0.2) is 31.8 Å². The summed E-state index contributed by atoms with van der Waals surface area (Å²) in [5, 5.41) is 6.06. The minimum absolute atomic E-state index is 0.00645. The smallest absolute Gasteiger partial charge is 0.444 e. The molecule has 1 atom stereocenters. The van der Waals surface area contributed by atoms with Gasteiger partial charge in [-0.05, 0) is 33.8 Å². The Hall–Kier alpha value is -2.72. The minimum atomic E-state index is -4.69. The maximum absolute atomic E-state index is 12.6. The van der Waals surface area contributed by atoms with Crippen LogP contribution in [0.1, 0.15) is 45.5 Å². The molecular formula is C14H16F3N5O3. The van der Waals surface area contributed by atoms with Crippen molar-refractivity contribution >= 4 is 6.09 Å². The van der Waals surface area contributed by atoms with Gasteiger partial charge in [0.1, 0.15) is 17.3 Å². The Labute approximate surface area is 140 Å². The van der Waals surface area contributed by atoms with Gasteiger partial charge in [0.25, 0.3) is 0 Å². The Morgan fingerprint density at radius 2 is 1.96 bits per heavy atom. The molecule has 0 fully saturated rings. The Morgan fingerprint density at radius 1 is 1.28 bits per heavy atom. The Morgan fingerprint density at radius 3 is 2.56 bits per heavy atom. The molecule has 2 heterocycles. The second-order valence-corrected chi connectivity index (χ2v) is 6.09. The molecule has 11 heteroatoms. The second-order valence-electron chi connectivity index (χ2n) is 6.09. The number of alkyl carbamates (subject to hydrolysis) is 1. The van der Waals surface area contributed by atoms with E-state index < -0.39 is 29.7 Å². The molecule has 136 valence electrons. The largest absolute Gasteiger partial charge is 0.451 e. The van der Waals surface area contributed by atoms with Gasteiger partial charge in [0.05, 0.1) is 0 Å². The van der Waals surface area contributed by atoms with E-state index in [4.69, 9.17) is 9.26 Å². The third-order valence-corrected chi connectivity index (χ3v) is 2.68. The van der Waals surface area contributed by atoms with Crippen LogP contribution in [0.2, 0.25) is 0 Å². The van der Waals surface area contributed by atoms with Crippen molar-refractivity contribution < 1.29 is 27.2 Å². The number of aromatic nitrogens is 4. The van der Waals surface area contributed by atoms with Crippen molar-refractivity contribution in [2.45, 2.75) is 45.5 Å². The predicted octanol–water partition coefficient (Wildman–Crippen LogP) is 3.13. The lowest BCUT2D eigenvalue weighted by Gasteiger charge is -2.20. The van der Waals surface area contributed by atoms with Crippen molar-refractivity contribution in [1.29, 1.82) is 0 Å². The zero-order valence-corrected chi connectivity index (χ0v) is 13.9. The van der Waals surface area contributed by atoms with E-state index in [0.29, 0.717) is 0 Å². The maximum Gasteiger partial charge on any atom is 0.451 e. The summed E-state index contributed by atoms with van der Waals surface area (Å²) in [5.41, 5.74) is -0.833. The summed E-state index contributed by atoms with van der Waals surface area (Å²) in [4.78, 5) is 22.2. The number of nitrogens with one attached hydrogen (secondary N) is 1. The highest BCUT2D eigenvalue weighted by atomic mass is 19.4. The molecule has 1 N–H and O–H groups in total. The Kier molecular flexibility index (Phi) is 4.95. The first-order valence-corrected chi connectivity index (χ1v) is 7.19. The number of amides is 1. The molecule has 0 bridgehead atoms. The molecule has 0 aliphatic carbocycles. The fourth-order valence-corrected chi connectivity index (χ4v) is 1.68. The molecule has 2 aromatic rings. The van der Waals surface area contributed by atoms with E-state index in [2.05, 4.69) is 25.4 Å². The Bertz CT molecular complexity index is 755.